The fourth-order valence-corrected chi connectivity index (χ4v) is 6.33. The van der Waals surface area contributed by atoms with Crippen LogP contribution in [-0.2, 0) is 4.74 Å². The number of nitrogens with zero attached hydrogens (tertiary/aromatic N) is 2. The highest BCUT2D eigenvalue weighted by Crippen LogP contribution is 2.15. The van der Waals surface area contributed by atoms with Gasteiger partial charge in [0.25, 0.3) is 5.84 Å². The monoisotopic (exact) mass is 516 g/mol. The van der Waals surface area contributed by atoms with Crippen LogP contribution in [0.5, 0.6) is 0 Å². The van der Waals surface area contributed by atoms with Gasteiger partial charge in [-0.2, -0.15) is 31.5 Å². The van der Waals surface area contributed by atoms with Gasteiger partial charge in [-0.15, -0.1) is 0 Å². The standard InChI is InChI=1S/C24H20B.C10H17N2O2/c1-5-13-21(14-6-1)25(22-15-7-2-8-16-22,23-17-9-3-10-18-23)24-19-11-4-12-20-24;1-2-14-10(13)12-8-4-7-11-6-3-5-9(11)12/h1-20H;2-8H2,1H3/q-1;+1. The Morgan fingerprint density at radius 1 is 0.692 bits per heavy atom. The Morgan fingerprint density at radius 2 is 1.10 bits per heavy atom. The van der Waals surface area contributed by atoms with Crippen molar-refractivity contribution in [3.8, 4) is 0 Å². The van der Waals surface area contributed by atoms with Crippen molar-refractivity contribution < 1.29 is 14.1 Å². The summed E-state index contributed by atoms with van der Waals surface area (Å²) in [5.74, 6) is 1.18. The minimum atomic E-state index is -1.22. The molecular formula is C34H37BN2O2. The third kappa shape index (κ3) is 5.54. The Balaban J connectivity index is 0.000000186. The summed E-state index contributed by atoms with van der Waals surface area (Å²) >= 11 is 0. The van der Waals surface area contributed by atoms with Crippen LogP contribution in [0.1, 0.15) is 26.2 Å². The third-order valence-electron chi connectivity index (χ3n) is 8.00. The molecule has 4 aromatic rings. The number of rotatable bonds is 5. The van der Waals surface area contributed by atoms with Crippen LogP contribution in [0.3, 0.4) is 0 Å². The van der Waals surface area contributed by atoms with E-state index in [1.54, 1.807) is 4.90 Å². The predicted molar refractivity (Wildman–Crippen MR) is 163 cm³/mol. The van der Waals surface area contributed by atoms with Gasteiger partial charge in [-0.25, -0.2) is 0 Å². The van der Waals surface area contributed by atoms with Crippen LogP contribution in [0.2, 0.25) is 0 Å². The molecule has 0 N–H and O–H groups in total. The van der Waals surface area contributed by atoms with E-state index in [2.05, 4.69) is 126 Å². The number of hydrogen-bond donors (Lipinski definition) is 0. The number of hydrogen-bond acceptors (Lipinski definition) is 2. The minimum absolute atomic E-state index is 0.172. The van der Waals surface area contributed by atoms with Crippen LogP contribution in [0, 0.1) is 0 Å². The lowest BCUT2D eigenvalue weighted by Crippen LogP contribution is -2.74. The van der Waals surface area contributed by atoms with Gasteiger partial charge in [0.2, 0.25) is 0 Å². The minimum Gasteiger partial charge on any atom is -0.432 e. The van der Waals surface area contributed by atoms with E-state index < -0.39 is 6.15 Å². The maximum Gasteiger partial charge on any atom is 0.506 e. The summed E-state index contributed by atoms with van der Waals surface area (Å²) in [6, 6.07) is 43.5. The predicted octanol–water partition coefficient (Wildman–Crippen LogP) is 4.12. The molecule has 198 valence electrons. The molecule has 6 rings (SSSR count). The van der Waals surface area contributed by atoms with Crippen LogP contribution < -0.4 is 21.9 Å². The summed E-state index contributed by atoms with van der Waals surface area (Å²) in [6.07, 6.45) is 1.87. The molecule has 0 spiro atoms. The van der Waals surface area contributed by atoms with Gasteiger partial charge in [0.15, 0.2) is 0 Å². The maximum atomic E-state index is 11.6. The molecule has 0 radical (unpaired) electrons. The average molecular weight is 516 g/mol. The lowest BCUT2D eigenvalue weighted by Gasteiger charge is -2.44. The van der Waals surface area contributed by atoms with E-state index in [1.807, 2.05) is 6.92 Å². The quantitative estimate of drug-likeness (QED) is 0.296. The van der Waals surface area contributed by atoms with Gasteiger partial charge >= 0.3 is 6.09 Å². The number of benzene rings is 4. The third-order valence-corrected chi connectivity index (χ3v) is 8.00. The lowest BCUT2D eigenvalue weighted by atomic mass is 9.13. The van der Waals surface area contributed by atoms with E-state index >= 15 is 0 Å². The zero-order chi connectivity index (χ0) is 26.9. The summed E-state index contributed by atoms with van der Waals surface area (Å²) in [7, 11) is 0. The molecule has 0 aromatic heterocycles. The fourth-order valence-electron chi connectivity index (χ4n) is 6.33. The Labute approximate surface area is 232 Å². The normalized spacial score (nSPS) is 14.7. The first-order chi connectivity index (χ1) is 19.2. The van der Waals surface area contributed by atoms with Crippen LogP contribution >= 0.6 is 0 Å². The van der Waals surface area contributed by atoms with Crippen LogP contribution in [0.25, 0.3) is 0 Å². The van der Waals surface area contributed by atoms with Crippen LogP contribution in [-0.4, -0.2) is 53.8 Å². The van der Waals surface area contributed by atoms with Crippen molar-refractivity contribution in [2.24, 2.45) is 0 Å². The van der Waals surface area contributed by atoms with Gasteiger partial charge in [-0.05, 0) is 13.3 Å². The molecule has 0 aliphatic carbocycles. The average Bonchev–Trinajstić information content (AvgIpc) is 3.50. The van der Waals surface area contributed by atoms with E-state index in [-0.39, 0.29) is 6.09 Å². The molecule has 4 aromatic carbocycles. The van der Waals surface area contributed by atoms with Crippen molar-refractivity contribution in [3.63, 3.8) is 0 Å². The van der Waals surface area contributed by atoms with E-state index in [4.69, 9.17) is 4.74 Å². The summed E-state index contributed by atoms with van der Waals surface area (Å²) in [6.45, 7) is 5.34. The van der Waals surface area contributed by atoms with Crippen molar-refractivity contribution in [1.29, 1.82) is 0 Å². The van der Waals surface area contributed by atoms with Crippen LogP contribution in [0.4, 0.5) is 4.79 Å². The molecule has 1 amide bonds. The SMILES string of the molecule is CCOC(=O)N1CCC[N+]2=C1CCC2.c1ccc([B-](c2ccccc2)(c2ccccc2)c2ccccc2)cc1. The molecular weight excluding hydrogens is 479 g/mol. The molecule has 0 fully saturated rings. The van der Waals surface area contributed by atoms with Gasteiger partial charge in [-0.3, -0.25) is 4.58 Å². The van der Waals surface area contributed by atoms with Gasteiger partial charge in [0.05, 0.1) is 26.1 Å². The molecule has 2 heterocycles. The highest BCUT2D eigenvalue weighted by Gasteiger charge is 2.36. The van der Waals surface area contributed by atoms with E-state index in [1.165, 1.54) is 34.1 Å². The largest absolute Gasteiger partial charge is 0.506 e. The molecule has 39 heavy (non-hydrogen) atoms. The fraction of sp³-hybridized carbons (Fsp3) is 0.235. The Kier molecular flexibility index (Phi) is 8.57. The van der Waals surface area contributed by atoms with Crippen molar-refractivity contribution >= 4 is 39.9 Å². The summed E-state index contributed by atoms with van der Waals surface area (Å²) in [5.41, 5.74) is 5.36. The molecule has 5 heteroatoms. The first kappa shape index (κ1) is 26.5. The number of amidine groups is 1. The molecule has 0 saturated carbocycles. The zero-order valence-electron chi connectivity index (χ0n) is 22.8. The molecule has 2 aliphatic rings. The van der Waals surface area contributed by atoms with E-state index in [0.29, 0.717) is 6.61 Å². The smallest absolute Gasteiger partial charge is 0.432 e. The van der Waals surface area contributed by atoms with Crippen molar-refractivity contribution in [2.75, 3.05) is 26.2 Å². The van der Waals surface area contributed by atoms with Crippen molar-refractivity contribution in [2.45, 2.75) is 26.2 Å². The van der Waals surface area contributed by atoms with Crippen LogP contribution in [0.15, 0.2) is 121 Å². The number of carbonyl (C=O) groups is 1. The molecule has 0 bridgehead atoms. The first-order valence-corrected chi connectivity index (χ1v) is 14.2. The highest BCUT2D eigenvalue weighted by molar-refractivity contribution is 7.19. The Bertz CT molecular complexity index is 1210. The molecule has 4 nitrogen and oxygen atoms in total. The number of ether oxygens (including phenoxy) is 1. The number of amides is 1. The second-order valence-corrected chi connectivity index (χ2v) is 10.2. The Hall–Kier alpha value is -4.12. The van der Waals surface area contributed by atoms with Crippen molar-refractivity contribution in [1.82, 2.24) is 4.90 Å². The van der Waals surface area contributed by atoms with E-state index in [9.17, 15) is 4.79 Å². The molecule has 0 unspecified atom stereocenters. The molecule has 0 atom stereocenters. The summed E-state index contributed by atoms with van der Waals surface area (Å²) in [5, 5.41) is 0. The summed E-state index contributed by atoms with van der Waals surface area (Å²) < 4.78 is 7.33. The van der Waals surface area contributed by atoms with Crippen molar-refractivity contribution in [3.05, 3.63) is 121 Å². The molecule has 2 aliphatic heterocycles. The topological polar surface area (TPSA) is 32.5 Å². The lowest BCUT2D eigenvalue weighted by molar-refractivity contribution is -0.529. The van der Waals surface area contributed by atoms with Gasteiger partial charge < -0.3 is 4.74 Å². The highest BCUT2D eigenvalue weighted by atomic mass is 16.6. The van der Waals surface area contributed by atoms with Gasteiger partial charge in [0.1, 0.15) is 12.7 Å². The second-order valence-electron chi connectivity index (χ2n) is 10.2. The van der Waals surface area contributed by atoms with Gasteiger partial charge in [-0.1, -0.05) is 121 Å². The zero-order valence-corrected chi connectivity index (χ0v) is 22.8. The maximum absolute atomic E-state index is 11.6. The first-order valence-electron chi connectivity index (χ1n) is 14.2. The van der Waals surface area contributed by atoms with Gasteiger partial charge in [0, 0.05) is 6.42 Å². The number of carbonyl (C=O) groups excluding carboxylic acids is 1. The second kappa shape index (κ2) is 12.6. The van der Waals surface area contributed by atoms with E-state index in [0.717, 1.165) is 32.5 Å². The molecule has 0 saturated heterocycles. The Morgan fingerprint density at radius 3 is 1.51 bits per heavy atom. The summed E-state index contributed by atoms with van der Waals surface area (Å²) in [4.78, 5) is 13.4.